The molecule has 1 aliphatic heterocycles. The van der Waals surface area contributed by atoms with Crippen molar-refractivity contribution in [3.63, 3.8) is 0 Å². The number of aryl methyl sites for hydroxylation is 2. The average Bonchev–Trinajstić information content (AvgIpc) is 3.10. The van der Waals surface area contributed by atoms with Crippen molar-refractivity contribution in [2.24, 2.45) is 0 Å². The van der Waals surface area contributed by atoms with E-state index in [-0.39, 0.29) is 28.7 Å². The minimum absolute atomic E-state index is 0.0129. The molecule has 0 aliphatic carbocycles. The first-order valence-corrected chi connectivity index (χ1v) is 13.0. The van der Waals surface area contributed by atoms with Crippen molar-refractivity contribution < 1.29 is 26.9 Å². The Kier molecular flexibility index (Phi) is 7.28. The summed E-state index contributed by atoms with van der Waals surface area (Å²) in [4.78, 5) is 26.7. The van der Waals surface area contributed by atoms with Crippen molar-refractivity contribution in [1.82, 2.24) is 4.90 Å². The fourth-order valence-corrected chi connectivity index (χ4v) is 5.20. The summed E-state index contributed by atoms with van der Waals surface area (Å²) in [6.45, 7) is 4.13. The fraction of sp³-hybridized carbons (Fsp3) is 0.154. The monoisotopic (exact) mass is 509 g/mol. The molecule has 1 aliphatic rings. The van der Waals surface area contributed by atoms with Gasteiger partial charge in [0.15, 0.2) is 0 Å². The van der Waals surface area contributed by atoms with E-state index in [1.54, 1.807) is 36.4 Å². The van der Waals surface area contributed by atoms with Crippen molar-refractivity contribution >= 4 is 39.1 Å². The number of rotatable bonds is 8. The van der Waals surface area contributed by atoms with Crippen LogP contribution in [0.2, 0.25) is 0 Å². The van der Waals surface area contributed by atoms with Crippen molar-refractivity contribution in [2.75, 3.05) is 13.2 Å². The number of ether oxygens (including phenoxy) is 1. The Morgan fingerprint density at radius 1 is 0.914 bits per heavy atom. The van der Waals surface area contributed by atoms with Crippen LogP contribution >= 0.6 is 11.8 Å². The highest BCUT2D eigenvalue weighted by atomic mass is 32.2. The van der Waals surface area contributed by atoms with Gasteiger partial charge in [0.05, 0.1) is 11.4 Å². The number of imide groups is 1. The summed E-state index contributed by atoms with van der Waals surface area (Å²) >= 11 is 0.790. The molecule has 0 aromatic heterocycles. The van der Waals surface area contributed by atoms with Crippen molar-refractivity contribution in [3.05, 3.63) is 94.4 Å². The predicted octanol–water partition coefficient (Wildman–Crippen LogP) is 5.19. The highest BCUT2D eigenvalue weighted by molar-refractivity contribution is 8.18. The van der Waals surface area contributed by atoms with Crippen molar-refractivity contribution in [3.8, 4) is 11.5 Å². The molecule has 35 heavy (non-hydrogen) atoms. The molecule has 1 fully saturated rings. The van der Waals surface area contributed by atoms with Crippen LogP contribution in [0.4, 0.5) is 4.79 Å². The molecule has 0 saturated carbocycles. The molecule has 4 rings (SSSR count). The maximum Gasteiger partial charge on any atom is 0.339 e. The van der Waals surface area contributed by atoms with Gasteiger partial charge in [0, 0.05) is 5.56 Å². The van der Waals surface area contributed by atoms with E-state index in [2.05, 4.69) is 0 Å². The number of para-hydroxylation sites is 1. The fourth-order valence-electron chi connectivity index (χ4n) is 3.37. The molecular weight excluding hydrogens is 486 g/mol. The third kappa shape index (κ3) is 5.75. The lowest BCUT2D eigenvalue weighted by atomic mass is 10.1. The minimum atomic E-state index is -4.06. The normalized spacial score (nSPS) is 15.0. The van der Waals surface area contributed by atoms with Crippen LogP contribution in [0.3, 0.4) is 0 Å². The molecule has 3 aromatic carbocycles. The molecule has 0 atom stereocenters. The third-order valence-electron chi connectivity index (χ3n) is 5.23. The van der Waals surface area contributed by atoms with Crippen LogP contribution in [0.15, 0.2) is 82.6 Å². The number of thioether (sulfide) groups is 1. The zero-order valence-electron chi connectivity index (χ0n) is 19.1. The Bertz CT molecular complexity index is 1400. The number of carbonyl (C=O) groups excluding carboxylic acids is 2. The van der Waals surface area contributed by atoms with Crippen LogP contribution in [-0.4, -0.2) is 37.6 Å². The lowest BCUT2D eigenvalue weighted by Crippen LogP contribution is -2.32. The maximum atomic E-state index is 12.9. The first kappa shape index (κ1) is 24.6. The summed E-state index contributed by atoms with van der Waals surface area (Å²) < 4.78 is 36.4. The second-order valence-corrected chi connectivity index (χ2v) is 10.4. The lowest BCUT2D eigenvalue weighted by molar-refractivity contribution is -0.123. The maximum absolute atomic E-state index is 12.9. The molecule has 0 unspecified atom stereocenters. The largest absolute Gasteiger partial charge is 0.491 e. The zero-order chi connectivity index (χ0) is 25.0. The molecule has 7 nitrogen and oxygen atoms in total. The summed E-state index contributed by atoms with van der Waals surface area (Å²) in [5.41, 5.74) is 2.38. The lowest BCUT2D eigenvalue weighted by Gasteiger charge is -2.14. The standard InChI is InChI=1S/C26H23NO6S2/c1-18-12-13-19(2)23(16-18)32-15-14-27-25(28)24(34-26(27)29)17-20-8-6-7-11-22(20)33-35(30,31)21-9-4-3-5-10-21/h3-13,16-17H,14-15H2,1-2H3/b24-17-. The number of hydrogen-bond donors (Lipinski definition) is 0. The topological polar surface area (TPSA) is 90.0 Å². The van der Waals surface area contributed by atoms with Crippen LogP contribution in [0.1, 0.15) is 16.7 Å². The summed E-state index contributed by atoms with van der Waals surface area (Å²) in [6, 6.07) is 20.0. The molecule has 1 saturated heterocycles. The molecule has 3 aromatic rings. The first-order valence-electron chi connectivity index (χ1n) is 10.8. The number of benzene rings is 3. The Balaban J connectivity index is 1.48. The molecule has 180 valence electrons. The van der Waals surface area contributed by atoms with Crippen molar-refractivity contribution in [1.29, 1.82) is 0 Å². The van der Waals surface area contributed by atoms with Crippen molar-refractivity contribution in [2.45, 2.75) is 18.7 Å². The zero-order valence-corrected chi connectivity index (χ0v) is 20.8. The van der Waals surface area contributed by atoms with E-state index in [1.165, 1.54) is 24.3 Å². The van der Waals surface area contributed by atoms with Gasteiger partial charge in [0.2, 0.25) is 0 Å². The SMILES string of the molecule is Cc1ccc(C)c(OCCN2C(=O)S/C(=C\c3ccccc3OS(=O)(=O)c3ccccc3)C2=O)c1. The van der Waals surface area contributed by atoms with E-state index in [4.69, 9.17) is 8.92 Å². The molecule has 1 heterocycles. The summed E-state index contributed by atoms with van der Waals surface area (Å²) in [6.07, 6.45) is 1.46. The number of amides is 2. The average molecular weight is 510 g/mol. The van der Waals surface area contributed by atoms with E-state index >= 15 is 0 Å². The third-order valence-corrected chi connectivity index (χ3v) is 7.38. The Hall–Kier alpha value is -3.56. The van der Waals surface area contributed by atoms with Gasteiger partial charge >= 0.3 is 10.1 Å². The molecular formula is C26H23NO6S2. The molecule has 0 bridgehead atoms. The molecule has 2 amide bonds. The molecule has 9 heteroatoms. The van der Waals surface area contributed by atoms with Crippen LogP contribution in [0, 0.1) is 13.8 Å². The van der Waals surface area contributed by atoms with E-state index in [9.17, 15) is 18.0 Å². The van der Waals surface area contributed by atoms with Crippen LogP contribution in [0.5, 0.6) is 11.5 Å². The van der Waals surface area contributed by atoms with Gasteiger partial charge in [0.1, 0.15) is 23.0 Å². The van der Waals surface area contributed by atoms with E-state index < -0.39 is 21.3 Å². The van der Waals surface area contributed by atoms with Gasteiger partial charge in [0.25, 0.3) is 11.1 Å². The molecule has 0 N–H and O–H groups in total. The Morgan fingerprint density at radius 2 is 1.63 bits per heavy atom. The first-order chi connectivity index (χ1) is 16.7. The highest BCUT2D eigenvalue weighted by Gasteiger charge is 2.35. The van der Waals surface area contributed by atoms with Gasteiger partial charge in [-0.05, 0) is 67.1 Å². The Morgan fingerprint density at radius 3 is 2.40 bits per heavy atom. The van der Waals surface area contributed by atoms with Gasteiger partial charge < -0.3 is 8.92 Å². The predicted molar refractivity (Wildman–Crippen MR) is 135 cm³/mol. The summed E-state index contributed by atoms with van der Waals surface area (Å²) in [5, 5.41) is -0.416. The highest BCUT2D eigenvalue weighted by Crippen LogP contribution is 2.34. The van der Waals surface area contributed by atoms with Gasteiger partial charge in [-0.2, -0.15) is 8.42 Å². The van der Waals surface area contributed by atoms with Crippen LogP contribution < -0.4 is 8.92 Å². The van der Waals surface area contributed by atoms with Crippen LogP contribution in [0.25, 0.3) is 6.08 Å². The molecule has 0 spiro atoms. The van der Waals surface area contributed by atoms with Gasteiger partial charge in [-0.1, -0.05) is 48.5 Å². The van der Waals surface area contributed by atoms with E-state index in [0.717, 1.165) is 27.8 Å². The summed E-state index contributed by atoms with van der Waals surface area (Å²) in [7, 11) is -4.06. The van der Waals surface area contributed by atoms with E-state index in [1.807, 2.05) is 32.0 Å². The Labute approximate surface area is 208 Å². The van der Waals surface area contributed by atoms with Gasteiger partial charge in [-0.25, -0.2) is 0 Å². The van der Waals surface area contributed by atoms with Gasteiger partial charge in [-0.3, -0.25) is 14.5 Å². The van der Waals surface area contributed by atoms with Crippen LogP contribution in [-0.2, 0) is 14.9 Å². The second-order valence-electron chi connectivity index (χ2n) is 7.84. The quantitative estimate of drug-likeness (QED) is 0.305. The smallest absolute Gasteiger partial charge is 0.339 e. The summed E-state index contributed by atoms with van der Waals surface area (Å²) in [5.74, 6) is 0.296. The molecule has 0 radical (unpaired) electrons. The van der Waals surface area contributed by atoms with Gasteiger partial charge in [-0.15, -0.1) is 0 Å². The minimum Gasteiger partial charge on any atom is -0.491 e. The number of hydrogen-bond acceptors (Lipinski definition) is 7. The number of nitrogens with zero attached hydrogens (tertiary/aromatic N) is 1. The second kappa shape index (κ2) is 10.4. The number of carbonyl (C=O) groups is 2. The van der Waals surface area contributed by atoms with E-state index in [0.29, 0.717) is 11.3 Å².